The maximum absolute atomic E-state index is 11.7. The van der Waals surface area contributed by atoms with Crippen LogP contribution in [0.25, 0.3) is 0 Å². The summed E-state index contributed by atoms with van der Waals surface area (Å²) in [6.07, 6.45) is -1.62. The number of urea groups is 1. The van der Waals surface area contributed by atoms with Gasteiger partial charge >= 0.3 is 18.2 Å². The number of hydroxylamine groups is 1. The third-order valence-corrected chi connectivity index (χ3v) is 2.16. The highest BCUT2D eigenvalue weighted by molar-refractivity contribution is 5.79. The van der Waals surface area contributed by atoms with Crippen molar-refractivity contribution in [2.45, 2.75) is 37.9 Å². The van der Waals surface area contributed by atoms with Gasteiger partial charge in [0.25, 0.3) is 0 Å². The SMILES string of the molecule is O=C(NOC(=O)C(F)(F)F)NC1CCCC1. The Balaban J connectivity index is 2.22. The Morgan fingerprint density at radius 1 is 1.19 bits per heavy atom. The smallest absolute Gasteiger partial charge is 0.333 e. The van der Waals surface area contributed by atoms with Crippen LogP contribution in [-0.2, 0) is 9.63 Å². The largest absolute Gasteiger partial charge is 0.493 e. The minimum absolute atomic E-state index is 0.0652. The van der Waals surface area contributed by atoms with Gasteiger partial charge in [-0.05, 0) is 12.8 Å². The van der Waals surface area contributed by atoms with Crippen molar-refractivity contribution in [3.63, 3.8) is 0 Å². The number of carbonyl (C=O) groups is 2. The van der Waals surface area contributed by atoms with Crippen molar-refractivity contribution in [1.29, 1.82) is 0 Å². The van der Waals surface area contributed by atoms with E-state index in [1.54, 1.807) is 0 Å². The molecule has 0 saturated heterocycles. The molecule has 1 fully saturated rings. The van der Waals surface area contributed by atoms with Crippen molar-refractivity contribution in [3.8, 4) is 0 Å². The van der Waals surface area contributed by atoms with Crippen molar-refractivity contribution in [3.05, 3.63) is 0 Å². The van der Waals surface area contributed by atoms with E-state index in [-0.39, 0.29) is 6.04 Å². The summed E-state index contributed by atoms with van der Waals surface area (Å²) in [7, 11) is 0. The van der Waals surface area contributed by atoms with Crippen LogP contribution in [0.3, 0.4) is 0 Å². The summed E-state index contributed by atoms with van der Waals surface area (Å²) in [4.78, 5) is 24.7. The number of nitrogens with one attached hydrogen (secondary N) is 2. The summed E-state index contributed by atoms with van der Waals surface area (Å²) in [6.45, 7) is 0. The molecular formula is C8H11F3N2O3. The molecule has 5 nitrogen and oxygen atoms in total. The molecule has 0 radical (unpaired) electrons. The maximum atomic E-state index is 11.7. The third-order valence-electron chi connectivity index (χ3n) is 2.16. The number of hydrogen-bond acceptors (Lipinski definition) is 3. The van der Waals surface area contributed by atoms with Crippen molar-refractivity contribution in [2.24, 2.45) is 0 Å². The molecule has 1 rings (SSSR count). The van der Waals surface area contributed by atoms with Gasteiger partial charge in [0.2, 0.25) is 0 Å². The van der Waals surface area contributed by atoms with E-state index in [2.05, 4.69) is 10.2 Å². The highest BCUT2D eigenvalue weighted by Gasteiger charge is 2.42. The van der Waals surface area contributed by atoms with Gasteiger partial charge in [0, 0.05) is 6.04 Å². The predicted octanol–water partition coefficient (Wildman–Crippen LogP) is 1.25. The lowest BCUT2D eigenvalue weighted by atomic mass is 10.3. The minimum atomic E-state index is -5.11. The molecule has 0 aliphatic heterocycles. The van der Waals surface area contributed by atoms with Crippen LogP contribution in [0, 0.1) is 0 Å². The lowest BCUT2D eigenvalue weighted by Crippen LogP contribution is -2.43. The van der Waals surface area contributed by atoms with Crippen LogP contribution in [0.1, 0.15) is 25.7 Å². The molecule has 1 aliphatic rings. The fourth-order valence-corrected chi connectivity index (χ4v) is 1.44. The van der Waals surface area contributed by atoms with Gasteiger partial charge in [0.05, 0.1) is 0 Å². The molecule has 0 aromatic heterocycles. The first kappa shape index (κ1) is 12.6. The highest BCUT2D eigenvalue weighted by Crippen LogP contribution is 2.17. The number of halogens is 3. The first-order chi connectivity index (χ1) is 7.39. The van der Waals surface area contributed by atoms with E-state index >= 15 is 0 Å². The van der Waals surface area contributed by atoms with Crippen molar-refractivity contribution >= 4 is 12.0 Å². The second-order valence-corrected chi connectivity index (χ2v) is 3.44. The molecule has 2 N–H and O–H groups in total. The number of amides is 2. The molecule has 0 unspecified atom stereocenters. The highest BCUT2D eigenvalue weighted by atomic mass is 19.4. The van der Waals surface area contributed by atoms with Crippen LogP contribution in [0.5, 0.6) is 0 Å². The molecule has 0 aromatic carbocycles. The van der Waals surface area contributed by atoms with E-state index in [0.29, 0.717) is 0 Å². The van der Waals surface area contributed by atoms with Gasteiger partial charge in [0.1, 0.15) is 0 Å². The van der Waals surface area contributed by atoms with Crippen LogP contribution in [0.15, 0.2) is 0 Å². The van der Waals surface area contributed by atoms with E-state index in [9.17, 15) is 22.8 Å². The zero-order chi connectivity index (χ0) is 12.2. The number of alkyl halides is 3. The molecule has 16 heavy (non-hydrogen) atoms. The van der Waals surface area contributed by atoms with Gasteiger partial charge in [-0.2, -0.15) is 18.7 Å². The zero-order valence-electron chi connectivity index (χ0n) is 8.26. The molecule has 1 aliphatic carbocycles. The molecule has 0 atom stereocenters. The quantitative estimate of drug-likeness (QED) is 0.678. The summed E-state index contributed by atoms with van der Waals surface area (Å²) in [6, 6.07) is -1.01. The lowest BCUT2D eigenvalue weighted by molar-refractivity contribution is -0.204. The second kappa shape index (κ2) is 5.04. The molecule has 0 heterocycles. The van der Waals surface area contributed by atoms with E-state index in [1.165, 1.54) is 5.48 Å². The monoisotopic (exact) mass is 240 g/mol. The van der Waals surface area contributed by atoms with Crippen LogP contribution < -0.4 is 10.8 Å². The Morgan fingerprint density at radius 3 is 2.25 bits per heavy atom. The molecule has 92 valence electrons. The lowest BCUT2D eigenvalue weighted by Gasteiger charge is -2.12. The Morgan fingerprint density at radius 2 is 1.75 bits per heavy atom. The second-order valence-electron chi connectivity index (χ2n) is 3.44. The molecule has 0 spiro atoms. The zero-order valence-corrected chi connectivity index (χ0v) is 8.26. The number of carbonyl (C=O) groups excluding carboxylic acids is 2. The van der Waals surface area contributed by atoms with Gasteiger partial charge in [-0.15, -0.1) is 0 Å². The van der Waals surface area contributed by atoms with Gasteiger partial charge < -0.3 is 10.2 Å². The Kier molecular flexibility index (Phi) is 3.97. The van der Waals surface area contributed by atoms with Crippen molar-refractivity contribution < 1.29 is 27.6 Å². The van der Waals surface area contributed by atoms with Crippen molar-refractivity contribution in [2.75, 3.05) is 0 Å². The van der Waals surface area contributed by atoms with Gasteiger partial charge in [-0.1, -0.05) is 12.8 Å². The average molecular weight is 240 g/mol. The summed E-state index contributed by atoms with van der Waals surface area (Å²) in [5, 5.41) is 2.39. The molecule has 0 aromatic rings. The van der Waals surface area contributed by atoms with E-state index in [1.807, 2.05) is 0 Å². The van der Waals surface area contributed by atoms with Gasteiger partial charge in [-0.25, -0.2) is 9.59 Å². The number of hydrogen-bond donors (Lipinski definition) is 2. The fraction of sp³-hybridized carbons (Fsp3) is 0.750. The summed E-state index contributed by atoms with van der Waals surface area (Å²) in [5.41, 5.74) is 1.40. The van der Waals surface area contributed by atoms with Crippen LogP contribution in [0.4, 0.5) is 18.0 Å². The summed E-state index contributed by atoms with van der Waals surface area (Å²) in [5.74, 6) is -2.45. The summed E-state index contributed by atoms with van der Waals surface area (Å²) >= 11 is 0. The van der Waals surface area contributed by atoms with Crippen molar-refractivity contribution in [1.82, 2.24) is 10.8 Å². The Hall–Kier alpha value is -1.47. The average Bonchev–Trinajstić information content (AvgIpc) is 2.65. The topological polar surface area (TPSA) is 67.4 Å². The van der Waals surface area contributed by atoms with E-state index in [0.717, 1.165) is 25.7 Å². The normalized spacial score (nSPS) is 16.9. The summed E-state index contributed by atoms with van der Waals surface area (Å²) < 4.78 is 35.0. The van der Waals surface area contributed by atoms with Gasteiger partial charge in [0.15, 0.2) is 0 Å². The molecule has 8 heteroatoms. The first-order valence-electron chi connectivity index (χ1n) is 4.74. The van der Waals surface area contributed by atoms with Crippen LogP contribution in [0.2, 0.25) is 0 Å². The fourth-order valence-electron chi connectivity index (χ4n) is 1.44. The molecule has 2 amide bonds. The molecular weight excluding hydrogens is 229 g/mol. The molecule has 0 bridgehead atoms. The van der Waals surface area contributed by atoms with E-state index in [4.69, 9.17) is 0 Å². The first-order valence-corrected chi connectivity index (χ1v) is 4.74. The van der Waals surface area contributed by atoms with Crippen LogP contribution >= 0.6 is 0 Å². The minimum Gasteiger partial charge on any atom is -0.333 e. The standard InChI is InChI=1S/C8H11F3N2O3/c9-8(10,11)6(14)16-13-7(15)12-5-3-1-2-4-5/h5H,1-4H2,(H2,12,13,15). The van der Waals surface area contributed by atoms with Crippen LogP contribution in [-0.4, -0.2) is 24.2 Å². The van der Waals surface area contributed by atoms with E-state index < -0.39 is 18.2 Å². The number of rotatable bonds is 1. The third kappa shape index (κ3) is 3.95. The van der Waals surface area contributed by atoms with Gasteiger partial charge in [-0.3, -0.25) is 0 Å². The predicted molar refractivity (Wildman–Crippen MR) is 46.1 cm³/mol. The maximum Gasteiger partial charge on any atom is 0.493 e. The Bertz CT molecular complexity index is 274. The Labute approximate surface area is 89.3 Å². The molecule has 1 saturated carbocycles.